The molecule has 2 atom stereocenters. The third-order valence-corrected chi connectivity index (χ3v) is 4.62. The first-order valence-electron chi connectivity index (χ1n) is 7.94. The molecule has 138 valence electrons. The van der Waals surface area contributed by atoms with Crippen LogP contribution in [0, 0.1) is 5.41 Å². The highest BCUT2D eigenvalue weighted by Gasteiger charge is 2.49. The van der Waals surface area contributed by atoms with Gasteiger partial charge in [-0.25, -0.2) is 0 Å². The fourth-order valence-electron chi connectivity index (χ4n) is 3.10. The lowest BCUT2D eigenvalue weighted by atomic mass is 9.71. The fourth-order valence-corrected chi connectivity index (χ4v) is 3.10. The lowest BCUT2D eigenvalue weighted by molar-refractivity contribution is -0.167. The molecule has 1 fully saturated rings. The van der Waals surface area contributed by atoms with Crippen molar-refractivity contribution in [3.8, 4) is 0 Å². The Hall–Kier alpha value is -2.09. The van der Waals surface area contributed by atoms with Crippen molar-refractivity contribution in [2.45, 2.75) is 38.0 Å². The van der Waals surface area contributed by atoms with Crippen LogP contribution in [0.2, 0.25) is 0 Å². The average Bonchev–Trinajstić information content (AvgIpc) is 2.54. The Bertz CT molecular complexity index is 620. The van der Waals surface area contributed by atoms with E-state index in [1.54, 1.807) is 30.3 Å². The number of hydrogen-bond donors (Lipinski definition) is 2. The standard InChI is InChI=1S/C17H20F3NO4/c18-17(19,20)7-6-14(23)21-9-8-16(15(24)25,13(22)11-21)10-12-4-2-1-3-5-12/h1-5,13,22H,6-11H2,(H,24,25)/t13-,16-/m1/s1. The first-order chi connectivity index (χ1) is 11.6. The highest BCUT2D eigenvalue weighted by atomic mass is 19.4. The molecule has 0 bridgehead atoms. The van der Waals surface area contributed by atoms with Crippen molar-refractivity contribution in [2.24, 2.45) is 5.41 Å². The molecule has 1 aliphatic rings. The Morgan fingerprint density at radius 3 is 2.40 bits per heavy atom. The molecule has 2 N–H and O–H groups in total. The summed E-state index contributed by atoms with van der Waals surface area (Å²) in [6, 6.07) is 8.80. The molecule has 2 rings (SSSR count). The van der Waals surface area contributed by atoms with Crippen LogP contribution in [0.4, 0.5) is 13.2 Å². The molecule has 0 aliphatic carbocycles. The molecule has 0 unspecified atom stereocenters. The van der Waals surface area contributed by atoms with Crippen LogP contribution in [0.3, 0.4) is 0 Å². The fraction of sp³-hybridized carbons (Fsp3) is 0.529. The number of carboxylic acids is 1. The summed E-state index contributed by atoms with van der Waals surface area (Å²) in [6.07, 6.45) is -7.64. The predicted molar refractivity (Wildman–Crippen MR) is 82.7 cm³/mol. The zero-order valence-electron chi connectivity index (χ0n) is 13.5. The molecule has 1 aromatic rings. The van der Waals surface area contributed by atoms with Gasteiger partial charge in [0.1, 0.15) is 5.41 Å². The van der Waals surface area contributed by atoms with Crippen molar-refractivity contribution in [3.63, 3.8) is 0 Å². The maximum atomic E-state index is 12.2. The minimum absolute atomic E-state index is 0.00683. The van der Waals surface area contributed by atoms with E-state index in [2.05, 4.69) is 0 Å². The Balaban J connectivity index is 2.07. The molecule has 0 radical (unpaired) electrons. The number of carboxylic acid groups (broad SMARTS) is 1. The molecule has 1 heterocycles. The van der Waals surface area contributed by atoms with Gasteiger partial charge in [-0.3, -0.25) is 9.59 Å². The second kappa shape index (κ2) is 7.43. The highest BCUT2D eigenvalue weighted by molar-refractivity contribution is 5.79. The van der Waals surface area contributed by atoms with Gasteiger partial charge in [0.2, 0.25) is 5.91 Å². The smallest absolute Gasteiger partial charge is 0.389 e. The van der Waals surface area contributed by atoms with E-state index in [1.807, 2.05) is 0 Å². The number of aliphatic hydroxyl groups excluding tert-OH is 1. The van der Waals surface area contributed by atoms with Crippen LogP contribution in [0.15, 0.2) is 30.3 Å². The van der Waals surface area contributed by atoms with E-state index in [1.165, 1.54) is 0 Å². The van der Waals surface area contributed by atoms with Crippen molar-refractivity contribution in [1.29, 1.82) is 0 Å². The Morgan fingerprint density at radius 1 is 1.24 bits per heavy atom. The Kier molecular flexibility index (Phi) is 5.72. The van der Waals surface area contributed by atoms with E-state index < -0.39 is 42.4 Å². The minimum Gasteiger partial charge on any atom is -0.481 e. The molecule has 8 heteroatoms. The summed E-state index contributed by atoms with van der Waals surface area (Å²) in [7, 11) is 0. The van der Waals surface area contributed by atoms with Gasteiger partial charge >= 0.3 is 12.1 Å². The van der Waals surface area contributed by atoms with Crippen LogP contribution >= 0.6 is 0 Å². The van der Waals surface area contributed by atoms with Crippen LogP contribution < -0.4 is 0 Å². The number of benzene rings is 1. The van der Waals surface area contributed by atoms with Gasteiger partial charge in [0.15, 0.2) is 0 Å². The SMILES string of the molecule is O=C(CCC(F)(F)F)N1CC[C@](Cc2ccccc2)(C(=O)O)[C@H](O)C1. The van der Waals surface area contributed by atoms with E-state index in [-0.39, 0.29) is 25.9 Å². The summed E-state index contributed by atoms with van der Waals surface area (Å²) in [5, 5.41) is 20.0. The number of amides is 1. The van der Waals surface area contributed by atoms with Gasteiger partial charge in [-0.2, -0.15) is 13.2 Å². The molecule has 1 aliphatic heterocycles. The van der Waals surface area contributed by atoms with Crippen molar-refractivity contribution in [3.05, 3.63) is 35.9 Å². The third kappa shape index (κ3) is 4.72. The first-order valence-corrected chi connectivity index (χ1v) is 7.94. The lowest BCUT2D eigenvalue weighted by Crippen LogP contribution is -2.57. The molecule has 0 saturated carbocycles. The van der Waals surface area contributed by atoms with Crippen LogP contribution in [0.1, 0.15) is 24.8 Å². The molecule has 25 heavy (non-hydrogen) atoms. The molecular weight excluding hydrogens is 339 g/mol. The summed E-state index contributed by atoms with van der Waals surface area (Å²) in [6.45, 7) is -0.275. The van der Waals surface area contributed by atoms with Crippen molar-refractivity contribution >= 4 is 11.9 Å². The molecule has 5 nitrogen and oxygen atoms in total. The largest absolute Gasteiger partial charge is 0.481 e. The third-order valence-electron chi connectivity index (χ3n) is 4.62. The van der Waals surface area contributed by atoms with Crippen LogP contribution in [-0.4, -0.2) is 52.4 Å². The number of alkyl halides is 3. The molecule has 1 saturated heterocycles. The van der Waals surface area contributed by atoms with Gasteiger partial charge in [0.05, 0.1) is 12.5 Å². The van der Waals surface area contributed by atoms with Crippen LogP contribution in [0.5, 0.6) is 0 Å². The van der Waals surface area contributed by atoms with Gasteiger partial charge in [0.25, 0.3) is 0 Å². The quantitative estimate of drug-likeness (QED) is 0.845. The number of aliphatic hydroxyl groups is 1. The van der Waals surface area contributed by atoms with E-state index in [4.69, 9.17) is 0 Å². The van der Waals surface area contributed by atoms with Gasteiger partial charge < -0.3 is 15.1 Å². The second-order valence-corrected chi connectivity index (χ2v) is 6.34. The zero-order valence-corrected chi connectivity index (χ0v) is 13.5. The van der Waals surface area contributed by atoms with Gasteiger partial charge in [0, 0.05) is 19.5 Å². The molecule has 1 aromatic carbocycles. The number of nitrogens with zero attached hydrogens (tertiary/aromatic N) is 1. The molecule has 0 aromatic heterocycles. The topological polar surface area (TPSA) is 77.8 Å². The number of carbonyl (C=O) groups excluding carboxylic acids is 1. The molecule has 0 spiro atoms. The van der Waals surface area contributed by atoms with Crippen molar-refractivity contribution in [2.75, 3.05) is 13.1 Å². The normalized spacial score (nSPS) is 24.2. The van der Waals surface area contributed by atoms with Crippen molar-refractivity contribution in [1.82, 2.24) is 4.90 Å². The summed E-state index contributed by atoms with van der Waals surface area (Å²) >= 11 is 0. The van der Waals surface area contributed by atoms with Crippen molar-refractivity contribution < 1.29 is 33.0 Å². The number of carbonyl (C=O) groups is 2. The summed E-state index contributed by atoms with van der Waals surface area (Å²) in [5.74, 6) is -1.90. The number of β-amino-alcohol motifs (C(OH)–C–C–N with tert-alkyl or cyclic N) is 1. The number of likely N-dealkylation sites (tertiary alicyclic amines) is 1. The number of halogens is 3. The Morgan fingerprint density at radius 2 is 1.88 bits per heavy atom. The van der Waals surface area contributed by atoms with E-state index >= 15 is 0 Å². The van der Waals surface area contributed by atoms with E-state index in [9.17, 15) is 33.0 Å². The van der Waals surface area contributed by atoms with E-state index in [0.29, 0.717) is 0 Å². The maximum absolute atomic E-state index is 12.2. The Labute approximate surface area is 143 Å². The van der Waals surface area contributed by atoms with Crippen LogP contribution in [0.25, 0.3) is 0 Å². The van der Waals surface area contributed by atoms with E-state index in [0.717, 1.165) is 10.5 Å². The summed E-state index contributed by atoms with van der Waals surface area (Å²) < 4.78 is 36.7. The number of aliphatic carboxylic acids is 1. The maximum Gasteiger partial charge on any atom is 0.389 e. The zero-order chi connectivity index (χ0) is 18.7. The van der Waals surface area contributed by atoms with Gasteiger partial charge in [-0.05, 0) is 18.4 Å². The summed E-state index contributed by atoms with van der Waals surface area (Å²) in [5.41, 5.74) is -0.719. The minimum atomic E-state index is -4.43. The average molecular weight is 359 g/mol. The lowest BCUT2D eigenvalue weighted by Gasteiger charge is -2.43. The summed E-state index contributed by atoms with van der Waals surface area (Å²) in [4.78, 5) is 24.8. The monoisotopic (exact) mass is 359 g/mol. The second-order valence-electron chi connectivity index (χ2n) is 6.34. The highest BCUT2D eigenvalue weighted by Crippen LogP contribution is 2.36. The van der Waals surface area contributed by atoms with Gasteiger partial charge in [-0.1, -0.05) is 30.3 Å². The number of hydrogen-bond acceptors (Lipinski definition) is 3. The number of rotatable bonds is 5. The van der Waals surface area contributed by atoms with Crippen LogP contribution in [-0.2, 0) is 16.0 Å². The van der Waals surface area contributed by atoms with Gasteiger partial charge in [-0.15, -0.1) is 0 Å². The predicted octanol–water partition coefficient (Wildman–Crippen LogP) is 2.24. The molecule has 1 amide bonds. The number of piperidine rings is 1. The molecular formula is C17H20F3NO4. The first kappa shape index (κ1) is 19.2.